The van der Waals surface area contributed by atoms with Crippen molar-refractivity contribution in [2.45, 2.75) is 31.5 Å². The Morgan fingerprint density at radius 3 is 3.00 bits per heavy atom. The van der Waals surface area contributed by atoms with E-state index < -0.39 is 0 Å². The van der Waals surface area contributed by atoms with Crippen molar-refractivity contribution >= 4 is 0 Å². The van der Waals surface area contributed by atoms with Crippen LogP contribution in [-0.2, 0) is 9.47 Å². The minimum Gasteiger partial charge on any atom is -0.384 e. The van der Waals surface area contributed by atoms with Gasteiger partial charge in [0, 0.05) is 13.7 Å². The van der Waals surface area contributed by atoms with E-state index in [1.54, 1.807) is 7.11 Å². The van der Waals surface area contributed by atoms with E-state index in [1.165, 1.54) is 19.3 Å². The minimum absolute atomic E-state index is 0.605. The molecule has 0 aromatic carbocycles. The second-order valence-corrected chi connectivity index (χ2v) is 3.35. The highest BCUT2D eigenvalue weighted by molar-refractivity contribution is 4.91. The lowest BCUT2D eigenvalue weighted by Gasteiger charge is -2.16. The molecule has 0 bridgehead atoms. The van der Waals surface area contributed by atoms with Gasteiger partial charge in [-0.05, 0) is 25.2 Å². The van der Waals surface area contributed by atoms with Crippen LogP contribution in [0.2, 0.25) is 0 Å². The number of fused-ring (bicyclic) bond motifs is 1. The van der Waals surface area contributed by atoms with Crippen molar-refractivity contribution in [3.8, 4) is 0 Å². The van der Waals surface area contributed by atoms with Gasteiger partial charge in [0.05, 0.1) is 12.2 Å². The largest absolute Gasteiger partial charge is 0.384 e. The summed E-state index contributed by atoms with van der Waals surface area (Å²) < 4.78 is 10.5. The molecule has 1 aliphatic heterocycles. The fraction of sp³-hybridized carbons (Fsp3) is 1.00. The SMILES string of the molecule is COC[C@@H]1CC[C@H]2O[C@H]2C1. The Labute approximate surface area is 61.5 Å². The lowest BCUT2D eigenvalue weighted by molar-refractivity contribution is 0.136. The summed E-state index contributed by atoms with van der Waals surface area (Å²) in [5.41, 5.74) is 0. The first kappa shape index (κ1) is 6.62. The Balaban J connectivity index is 1.77. The van der Waals surface area contributed by atoms with Gasteiger partial charge in [0.2, 0.25) is 0 Å². The summed E-state index contributed by atoms with van der Waals surface area (Å²) in [6.07, 6.45) is 5.04. The van der Waals surface area contributed by atoms with Gasteiger partial charge in [-0.3, -0.25) is 0 Å². The average Bonchev–Trinajstić information content (AvgIpc) is 2.66. The van der Waals surface area contributed by atoms with Gasteiger partial charge in [-0.15, -0.1) is 0 Å². The van der Waals surface area contributed by atoms with E-state index in [4.69, 9.17) is 9.47 Å². The van der Waals surface area contributed by atoms with Crippen LogP contribution in [-0.4, -0.2) is 25.9 Å². The zero-order valence-corrected chi connectivity index (χ0v) is 6.38. The second kappa shape index (κ2) is 2.51. The lowest BCUT2D eigenvalue weighted by atomic mass is 9.90. The zero-order valence-electron chi connectivity index (χ0n) is 6.38. The summed E-state index contributed by atoms with van der Waals surface area (Å²) in [5.74, 6) is 0.772. The molecule has 2 rings (SSSR count). The molecule has 58 valence electrons. The van der Waals surface area contributed by atoms with Gasteiger partial charge in [0.15, 0.2) is 0 Å². The molecule has 2 fully saturated rings. The Morgan fingerprint density at radius 2 is 2.30 bits per heavy atom. The standard InChI is InChI=1S/C8H14O2/c1-9-5-6-2-3-7-8(4-6)10-7/h6-8H,2-5H2,1H3/t6-,7-,8+/m1/s1. The number of methoxy groups -OCH3 is 1. The molecule has 0 unspecified atom stereocenters. The minimum atomic E-state index is 0.605. The summed E-state index contributed by atoms with van der Waals surface area (Å²) in [7, 11) is 1.78. The molecule has 3 atom stereocenters. The average molecular weight is 142 g/mol. The fourth-order valence-electron chi connectivity index (χ4n) is 1.87. The normalized spacial score (nSPS) is 44.7. The molecule has 0 aromatic heterocycles. The van der Waals surface area contributed by atoms with Gasteiger partial charge in [-0.1, -0.05) is 0 Å². The lowest BCUT2D eigenvalue weighted by Crippen LogP contribution is -2.17. The fourth-order valence-corrected chi connectivity index (χ4v) is 1.87. The molecule has 2 heteroatoms. The van der Waals surface area contributed by atoms with E-state index in [1.807, 2.05) is 0 Å². The van der Waals surface area contributed by atoms with Crippen molar-refractivity contribution in [2.24, 2.45) is 5.92 Å². The van der Waals surface area contributed by atoms with E-state index in [0.717, 1.165) is 12.5 Å². The maximum absolute atomic E-state index is 5.40. The summed E-state index contributed by atoms with van der Waals surface area (Å²) in [4.78, 5) is 0. The van der Waals surface area contributed by atoms with Crippen LogP contribution in [0.15, 0.2) is 0 Å². The molecule has 1 aliphatic carbocycles. The van der Waals surface area contributed by atoms with Crippen molar-refractivity contribution in [1.29, 1.82) is 0 Å². The van der Waals surface area contributed by atoms with Crippen molar-refractivity contribution in [3.05, 3.63) is 0 Å². The predicted molar refractivity (Wildman–Crippen MR) is 37.9 cm³/mol. The summed E-state index contributed by atoms with van der Waals surface area (Å²) in [5, 5.41) is 0. The molecule has 0 spiro atoms. The van der Waals surface area contributed by atoms with Crippen LogP contribution in [0.3, 0.4) is 0 Å². The van der Waals surface area contributed by atoms with Gasteiger partial charge in [0.1, 0.15) is 0 Å². The molecule has 0 N–H and O–H groups in total. The molecule has 0 aromatic rings. The van der Waals surface area contributed by atoms with Gasteiger partial charge in [-0.2, -0.15) is 0 Å². The first-order valence-corrected chi connectivity index (χ1v) is 4.04. The third-order valence-corrected chi connectivity index (χ3v) is 2.52. The van der Waals surface area contributed by atoms with E-state index in [9.17, 15) is 0 Å². The maximum Gasteiger partial charge on any atom is 0.0845 e. The van der Waals surface area contributed by atoms with Gasteiger partial charge in [0.25, 0.3) is 0 Å². The predicted octanol–water partition coefficient (Wildman–Crippen LogP) is 1.20. The Kier molecular flexibility index (Phi) is 1.66. The highest BCUT2D eigenvalue weighted by Crippen LogP contribution is 2.39. The van der Waals surface area contributed by atoms with Crippen molar-refractivity contribution in [3.63, 3.8) is 0 Å². The zero-order chi connectivity index (χ0) is 6.97. The number of epoxide rings is 1. The van der Waals surface area contributed by atoms with Crippen LogP contribution >= 0.6 is 0 Å². The number of hydrogen-bond donors (Lipinski definition) is 0. The third-order valence-electron chi connectivity index (χ3n) is 2.52. The quantitative estimate of drug-likeness (QED) is 0.540. The first-order chi connectivity index (χ1) is 4.90. The molecular weight excluding hydrogens is 128 g/mol. The highest BCUT2D eigenvalue weighted by Gasteiger charge is 2.43. The van der Waals surface area contributed by atoms with E-state index in [2.05, 4.69) is 0 Å². The second-order valence-electron chi connectivity index (χ2n) is 3.35. The monoisotopic (exact) mass is 142 g/mol. The summed E-state index contributed by atoms with van der Waals surface area (Å²) in [6.45, 7) is 0.923. The van der Waals surface area contributed by atoms with E-state index in [0.29, 0.717) is 12.2 Å². The van der Waals surface area contributed by atoms with Crippen LogP contribution in [0.1, 0.15) is 19.3 Å². The molecule has 1 saturated carbocycles. The van der Waals surface area contributed by atoms with Crippen molar-refractivity contribution < 1.29 is 9.47 Å². The third kappa shape index (κ3) is 1.18. The number of hydrogen-bond acceptors (Lipinski definition) is 2. The molecule has 0 radical (unpaired) electrons. The van der Waals surface area contributed by atoms with Crippen LogP contribution in [0, 0.1) is 5.92 Å². The van der Waals surface area contributed by atoms with E-state index >= 15 is 0 Å². The van der Waals surface area contributed by atoms with Gasteiger partial charge in [-0.25, -0.2) is 0 Å². The first-order valence-electron chi connectivity index (χ1n) is 4.04. The van der Waals surface area contributed by atoms with Gasteiger partial charge < -0.3 is 9.47 Å². The molecule has 2 aliphatic rings. The summed E-state index contributed by atoms with van der Waals surface area (Å²) >= 11 is 0. The molecular formula is C8H14O2. The Morgan fingerprint density at radius 1 is 1.40 bits per heavy atom. The Hall–Kier alpha value is -0.0800. The van der Waals surface area contributed by atoms with E-state index in [-0.39, 0.29) is 0 Å². The maximum atomic E-state index is 5.40. The van der Waals surface area contributed by atoms with Gasteiger partial charge >= 0.3 is 0 Å². The van der Waals surface area contributed by atoms with Crippen LogP contribution < -0.4 is 0 Å². The molecule has 0 amide bonds. The number of ether oxygens (including phenoxy) is 2. The smallest absolute Gasteiger partial charge is 0.0845 e. The molecule has 1 heterocycles. The molecule has 10 heavy (non-hydrogen) atoms. The summed E-state index contributed by atoms with van der Waals surface area (Å²) in [6, 6.07) is 0. The molecule has 2 nitrogen and oxygen atoms in total. The highest BCUT2D eigenvalue weighted by atomic mass is 16.6. The van der Waals surface area contributed by atoms with Crippen LogP contribution in [0.4, 0.5) is 0 Å². The van der Waals surface area contributed by atoms with Crippen LogP contribution in [0.5, 0.6) is 0 Å². The number of rotatable bonds is 2. The topological polar surface area (TPSA) is 21.8 Å². The van der Waals surface area contributed by atoms with Crippen LogP contribution in [0.25, 0.3) is 0 Å². The van der Waals surface area contributed by atoms with Crippen molar-refractivity contribution in [1.82, 2.24) is 0 Å². The Bertz CT molecular complexity index is 124. The molecule has 1 saturated heterocycles. The van der Waals surface area contributed by atoms with Crippen molar-refractivity contribution in [2.75, 3.05) is 13.7 Å².